The second kappa shape index (κ2) is 18.4. The maximum Gasteiger partial charge on any atom is 0.472 e. The lowest BCUT2D eigenvalue weighted by molar-refractivity contribution is -0.0889. The molecule has 246 valence electrons. The molecule has 2 aromatic rings. The Kier molecular flexibility index (Phi) is 15.3. The van der Waals surface area contributed by atoms with Crippen LogP contribution in [-0.4, -0.2) is 74.4 Å². The Morgan fingerprint density at radius 1 is 0.930 bits per heavy atom. The number of fused-ring (bicyclic) bond motifs is 1. The van der Waals surface area contributed by atoms with E-state index in [9.17, 15) is 19.7 Å². The van der Waals surface area contributed by atoms with E-state index in [0.717, 1.165) is 12.8 Å². The summed E-state index contributed by atoms with van der Waals surface area (Å²) < 4.78 is 35.4. The van der Waals surface area contributed by atoms with Gasteiger partial charge in [0.05, 0.1) is 25.5 Å². The van der Waals surface area contributed by atoms with Crippen molar-refractivity contribution in [1.29, 1.82) is 0 Å². The van der Waals surface area contributed by atoms with Crippen LogP contribution in [0.15, 0.2) is 18.5 Å². The molecule has 1 saturated heterocycles. The number of anilines is 1. The minimum atomic E-state index is -4.43. The highest BCUT2D eigenvalue weighted by Gasteiger charge is 2.54. The van der Waals surface area contributed by atoms with Gasteiger partial charge in [-0.15, -0.1) is 0 Å². The number of rotatable bonds is 23. The first-order chi connectivity index (χ1) is 20.7. The van der Waals surface area contributed by atoms with Gasteiger partial charge in [-0.3, -0.25) is 9.05 Å². The lowest BCUT2D eigenvalue weighted by Gasteiger charge is -2.27. The third-order valence-corrected chi connectivity index (χ3v) is 9.17. The van der Waals surface area contributed by atoms with Gasteiger partial charge in [0.25, 0.3) is 0 Å². The third-order valence-electron chi connectivity index (χ3n) is 8.18. The molecular formula is C30H53N4O8P. The Hall–Kier alpha value is -1.63. The quantitative estimate of drug-likeness (QED) is 0.0932. The molecule has 2 aromatic heterocycles. The maximum atomic E-state index is 12.4. The Balaban J connectivity index is 1.22. The number of nitrogens with two attached hydrogens (primary N) is 1. The normalized spacial score (nSPS) is 23.7. The number of aliphatic hydroxyl groups excluding tert-OH is 2. The van der Waals surface area contributed by atoms with Crippen LogP contribution in [0.2, 0.25) is 0 Å². The summed E-state index contributed by atoms with van der Waals surface area (Å²) in [5, 5.41) is 25.6. The average Bonchev–Trinajstić information content (AvgIpc) is 3.52. The van der Waals surface area contributed by atoms with E-state index in [1.807, 2.05) is 0 Å². The number of hydrogen-bond acceptors (Lipinski definition) is 10. The first kappa shape index (κ1) is 35.8. The fourth-order valence-corrected chi connectivity index (χ4v) is 6.29. The zero-order chi connectivity index (χ0) is 31.1. The van der Waals surface area contributed by atoms with Crippen molar-refractivity contribution in [2.45, 2.75) is 128 Å². The van der Waals surface area contributed by atoms with Gasteiger partial charge in [0.1, 0.15) is 35.8 Å². The molecule has 0 amide bonds. The van der Waals surface area contributed by atoms with E-state index in [0.29, 0.717) is 17.8 Å². The van der Waals surface area contributed by atoms with E-state index in [1.165, 1.54) is 87.9 Å². The molecule has 5 atom stereocenters. The number of unbranched alkanes of at least 4 members (excludes halogenated alkanes) is 13. The lowest BCUT2D eigenvalue weighted by atomic mass is 9.93. The fraction of sp³-hybridized carbons (Fsp3) is 0.800. The topological polar surface area (TPSA) is 171 Å². The molecule has 0 aromatic carbocycles. The van der Waals surface area contributed by atoms with Crippen LogP contribution >= 0.6 is 7.82 Å². The van der Waals surface area contributed by atoms with Crippen molar-refractivity contribution in [3.05, 3.63) is 24.2 Å². The second-order valence-corrected chi connectivity index (χ2v) is 13.1. The van der Waals surface area contributed by atoms with Crippen LogP contribution < -0.4 is 5.73 Å². The average molecular weight is 629 g/mol. The van der Waals surface area contributed by atoms with Crippen molar-refractivity contribution in [3.8, 4) is 0 Å². The predicted molar refractivity (Wildman–Crippen MR) is 164 cm³/mol. The van der Waals surface area contributed by atoms with E-state index in [2.05, 4.69) is 17.0 Å². The second-order valence-electron chi connectivity index (χ2n) is 11.7. The number of aliphatic hydroxyl groups is 2. The van der Waals surface area contributed by atoms with Crippen molar-refractivity contribution in [3.63, 3.8) is 0 Å². The summed E-state index contributed by atoms with van der Waals surface area (Å²) in [6.07, 6.45) is 15.5. The van der Waals surface area contributed by atoms with E-state index in [4.69, 9.17) is 24.3 Å². The first-order valence-electron chi connectivity index (χ1n) is 16.0. The van der Waals surface area contributed by atoms with E-state index < -0.39 is 38.3 Å². The van der Waals surface area contributed by atoms with Crippen molar-refractivity contribution in [2.75, 3.05) is 32.2 Å². The molecule has 1 aliphatic heterocycles. The fourth-order valence-electron chi connectivity index (χ4n) is 5.57. The predicted octanol–water partition coefficient (Wildman–Crippen LogP) is 5.28. The molecule has 43 heavy (non-hydrogen) atoms. The van der Waals surface area contributed by atoms with Crippen LogP contribution in [0, 0.1) is 0 Å². The molecule has 3 rings (SSSR count). The number of nitrogens with zero attached hydrogens (tertiary/aromatic N) is 3. The van der Waals surface area contributed by atoms with Crippen molar-refractivity contribution >= 4 is 19.2 Å². The number of nitrogen functional groups attached to an aromatic ring is 1. The van der Waals surface area contributed by atoms with Gasteiger partial charge in [-0.05, 0) is 25.5 Å². The zero-order valence-corrected chi connectivity index (χ0v) is 26.8. The minimum Gasteiger partial charge on any atom is -0.387 e. The minimum absolute atomic E-state index is 0.113. The van der Waals surface area contributed by atoms with Crippen molar-refractivity contribution < 1.29 is 38.2 Å². The lowest BCUT2D eigenvalue weighted by Crippen LogP contribution is -2.39. The van der Waals surface area contributed by atoms with Gasteiger partial charge in [0, 0.05) is 6.61 Å². The van der Waals surface area contributed by atoms with Gasteiger partial charge in [-0.1, -0.05) is 90.4 Å². The molecule has 5 N–H and O–H groups in total. The highest BCUT2D eigenvalue weighted by atomic mass is 31.2. The van der Waals surface area contributed by atoms with Crippen LogP contribution in [0.4, 0.5) is 5.82 Å². The molecule has 1 fully saturated rings. The molecule has 12 nitrogen and oxygen atoms in total. The Morgan fingerprint density at radius 2 is 1.53 bits per heavy atom. The molecule has 1 unspecified atom stereocenters. The van der Waals surface area contributed by atoms with Crippen LogP contribution in [-0.2, 0) is 28.7 Å². The maximum absolute atomic E-state index is 12.4. The molecular weight excluding hydrogens is 575 g/mol. The number of aromatic nitrogens is 3. The largest absolute Gasteiger partial charge is 0.472 e. The summed E-state index contributed by atoms with van der Waals surface area (Å²) in [6.45, 7) is 4.00. The smallest absolute Gasteiger partial charge is 0.387 e. The standard InChI is InChI=1S/C30H53N4O8P/c1-3-4-5-6-7-8-9-10-11-12-13-14-15-16-19-39-20-21-40-43(37,38)41-22-25-27(35)28(36)30(2,42-25)26-18-17-24-29(31)32-23-33-34(24)26/h17-18,23,25,27-28,35-36H,3-16,19-22H2,1-2H3,(H,37,38)(H2,31,32,33)/t25-,27-,28-,30+/m1/s1. The summed E-state index contributed by atoms with van der Waals surface area (Å²) in [6, 6.07) is 3.34. The summed E-state index contributed by atoms with van der Waals surface area (Å²) >= 11 is 0. The summed E-state index contributed by atoms with van der Waals surface area (Å²) in [7, 11) is -4.43. The molecule has 1 aliphatic rings. The van der Waals surface area contributed by atoms with E-state index >= 15 is 0 Å². The molecule has 13 heteroatoms. The highest BCUT2D eigenvalue weighted by molar-refractivity contribution is 7.47. The Bertz CT molecular complexity index is 1120. The molecule has 0 spiro atoms. The number of hydrogen-bond donors (Lipinski definition) is 4. The van der Waals surface area contributed by atoms with Gasteiger partial charge in [0.2, 0.25) is 0 Å². The molecule has 3 heterocycles. The zero-order valence-electron chi connectivity index (χ0n) is 25.9. The third kappa shape index (κ3) is 11.0. The van der Waals surface area contributed by atoms with Crippen LogP contribution in [0.25, 0.3) is 5.52 Å². The number of phosphoric ester groups is 1. The summed E-state index contributed by atoms with van der Waals surface area (Å²) in [5.41, 5.74) is 5.46. The van der Waals surface area contributed by atoms with Crippen molar-refractivity contribution in [2.24, 2.45) is 0 Å². The first-order valence-corrected chi connectivity index (χ1v) is 17.5. The van der Waals surface area contributed by atoms with E-state index in [1.54, 1.807) is 19.1 Å². The summed E-state index contributed by atoms with van der Waals surface area (Å²) in [5.74, 6) is 0.250. The Labute approximate surface area is 255 Å². The highest BCUT2D eigenvalue weighted by Crippen LogP contribution is 2.46. The molecule has 0 bridgehead atoms. The summed E-state index contributed by atoms with van der Waals surface area (Å²) in [4.78, 5) is 14.0. The number of ether oxygens (including phenoxy) is 2. The van der Waals surface area contributed by atoms with Crippen LogP contribution in [0.3, 0.4) is 0 Å². The van der Waals surface area contributed by atoms with Gasteiger partial charge >= 0.3 is 7.82 Å². The van der Waals surface area contributed by atoms with Crippen LogP contribution in [0.1, 0.15) is 109 Å². The monoisotopic (exact) mass is 628 g/mol. The molecule has 0 aliphatic carbocycles. The van der Waals surface area contributed by atoms with Crippen molar-refractivity contribution in [1.82, 2.24) is 14.6 Å². The van der Waals surface area contributed by atoms with E-state index in [-0.39, 0.29) is 19.0 Å². The molecule has 0 saturated carbocycles. The van der Waals surface area contributed by atoms with Gasteiger partial charge < -0.3 is 30.3 Å². The van der Waals surface area contributed by atoms with Gasteiger partial charge in [-0.25, -0.2) is 14.1 Å². The SMILES string of the molecule is CCCCCCCCCCCCCCCCOCCOP(=O)(O)OC[C@H]1O[C@@](C)(c2ccc3c(N)ncnn23)[C@H](O)[C@@H]1O. The van der Waals surface area contributed by atoms with Crippen LogP contribution in [0.5, 0.6) is 0 Å². The van der Waals surface area contributed by atoms with Gasteiger partial charge in [-0.2, -0.15) is 5.10 Å². The Morgan fingerprint density at radius 3 is 2.16 bits per heavy atom. The van der Waals surface area contributed by atoms with Gasteiger partial charge in [0.15, 0.2) is 5.82 Å². The number of phosphoric acid groups is 1. The molecule has 0 radical (unpaired) electrons.